The summed E-state index contributed by atoms with van der Waals surface area (Å²) in [6, 6.07) is 1.42. The summed E-state index contributed by atoms with van der Waals surface area (Å²) in [4.78, 5) is 15.0. The summed E-state index contributed by atoms with van der Waals surface area (Å²) in [6.07, 6.45) is -2.68. The number of ether oxygens (including phenoxy) is 1. The predicted molar refractivity (Wildman–Crippen MR) is 65.5 cm³/mol. The lowest BCUT2D eigenvalue weighted by atomic mass is 10.1. The van der Waals surface area contributed by atoms with Gasteiger partial charge in [-0.15, -0.1) is 0 Å². The molecule has 1 rings (SSSR count). The Morgan fingerprint density at radius 3 is 2.76 bits per heavy atom. The lowest BCUT2D eigenvalue weighted by molar-refractivity contribution is -0.139. The fraction of sp³-hybridized carbons (Fsp3) is 0.400. The van der Waals surface area contributed by atoms with Gasteiger partial charge in [0.05, 0.1) is 24.8 Å². The first-order chi connectivity index (χ1) is 7.99. The molecule has 0 aliphatic heterocycles. The Labute approximate surface area is 111 Å². The van der Waals surface area contributed by atoms with Crippen molar-refractivity contribution in [2.75, 3.05) is 7.11 Å². The van der Waals surface area contributed by atoms with Gasteiger partial charge in [0.1, 0.15) is 3.70 Å². The molecule has 17 heavy (non-hydrogen) atoms. The lowest BCUT2D eigenvalue weighted by Gasteiger charge is -2.11. The fourth-order valence-electron chi connectivity index (χ4n) is 1.34. The molecule has 0 radical (unpaired) electrons. The molecule has 1 aromatic rings. The van der Waals surface area contributed by atoms with Crippen LogP contribution in [0, 0.1) is 3.70 Å². The molecule has 0 aromatic carbocycles. The minimum atomic E-state index is -2.62. The highest BCUT2D eigenvalue weighted by molar-refractivity contribution is 14.1. The molecular formula is C10H11F2IN2O2. The van der Waals surface area contributed by atoms with Crippen LogP contribution in [0.25, 0.3) is 0 Å². The second-order valence-electron chi connectivity index (χ2n) is 3.23. The van der Waals surface area contributed by atoms with Gasteiger partial charge in [-0.1, -0.05) is 0 Å². The molecule has 94 valence electrons. The van der Waals surface area contributed by atoms with Gasteiger partial charge in [-0.25, -0.2) is 13.8 Å². The van der Waals surface area contributed by atoms with Crippen molar-refractivity contribution >= 4 is 28.6 Å². The zero-order valence-corrected chi connectivity index (χ0v) is 11.2. The second-order valence-corrected chi connectivity index (χ2v) is 4.26. The van der Waals surface area contributed by atoms with E-state index in [0.29, 0.717) is 11.3 Å². The van der Waals surface area contributed by atoms with Crippen molar-refractivity contribution in [3.05, 3.63) is 26.6 Å². The highest BCUT2D eigenvalue weighted by Crippen LogP contribution is 2.27. The van der Waals surface area contributed by atoms with Crippen molar-refractivity contribution in [1.29, 1.82) is 0 Å². The van der Waals surface area contributed by atoms with Crippen LogP contribution in [0.2, 0.25) is 0 Å². The number of carbonyl (C=O) groups is 1. The van der Waals surface area contributed by atoms with Gasteiger partial charge in [-0.05, 0) is 34.2 Å². The number of esters is 1. The maximum absolute atomic E-state index is 12.7. The molecule has 0 unspecified atom stereocenters. The summed E-state index contributed by atoms with van der Waals surface area (Å²) in [5.74, 6) is -0.471. The van der Waals surface area contributed by atoms with Gasteiger partial charge in [-0.2, -0.15) is 0 Å². The highest BCUT2D eigenvalue weighted by atomic mass is 127. The van der Waals surface area contributed by atoms with E-state index in [1.807, 2.05) is 0 Å². The first kappa shape index (κ1) is 14.2. The van der Waals surface area contributed by atoms with Crippen molar-refractivity contribution in [1.82, 2.24) is 4.98 Å². The number of hydrogen-bond donors (Lipinski definition) is 1. The third-order valence-electron chi connectivity index (χ3n) is 2.14. The summed E-state index contributed by atoms with van der Waals surface area (Å²) in [6.45, 7) is -0.0215. The van der Waals surface area contributed by atoms with Crippen LogP contribution in [0.15, 0.2) is 6.07 Å². The summed E-state index contributed by atoms with van der Waals surface area (Å²) < 4.78 is 30.1. The number of aromatic nitrogens is 1. The molecule has 2 N–H and O–H groups in total. The Bertz CT molecular complexity index is 427. The molecule has 0 spiro atoms. The molecule has 1 heterocycles. The van der Waals surface area contributed by atoms with E-state index in [-0.39, 0.29) is 22.2 Å². The molecule has 0 aliphatic rings. The topological polar surface area (TPSA) is 65.2 Å². The SMILES string of the molecule is COC(=O)Cc1cc(CN)c(C(F)F)c(I)n1. The average Bonchev–Trinajstić information content (AvgIpc) is 2.27. The molecular weight excluding hydrogens is 345 g/mol. The summed E-state index contributed by atoms with van der Waals surface area (Å²) in [5.41, 5.74) is 5.93. The maximum atomic E-state index is 12.7. The Morgan fingerprint density at radius 1 is 1.65 bits per heavy atom. The molecule has 0 bridgehead atoms. The first-order valence-corrected chi connectivity index (χ1v) is 5.80. The fourth-order valence-corrected chi connectivity index (χ4v) is 2.23. The zero-order chi connectivity index (χ0) is 13.0. The Morgan fingerprint density at radius 2 is 2.29 bits per heavy atom. The minimum Gasteiger partial charge on any atom is -0.469 e. The molecule has 1 aromatic heterocycles. The Hall–Kier alpha value is -0.830. The van der Waals surface area contributed by atoms with Crippen LogP contribution in [0.5, 0.6) is 0 Å². The van der Waals surface area contributed by atoms with E-state index in [9.17, 15) is 13.6 Å². The van der Waals surface area contributed by atoms with Gasteiger partial charge < -0.3 is 10.5 Å². The summed E-state index contributed by atoms with van der Waals surface area (Å²) in [7, 11) is 1.25. The zero-order valence-electron chi connectivity index (χ0n) is 9.04. The van der Waals surface area contributed by atoms with Crippen LogP contribution in [0.4, 0.5) is 8.78 Å². The number of hydrogen-bond acceptors (Lipinski definition) is 4. The van der Waals surface area contributed by atoms with Crippen LogP contribution in [0.1, 0.15) is 23.2 Å². The molecule has 0 saturated heterocycles. The third kappa shape index (κ3) is 3.56. The summed E-state index contributed by atoms with van der Waals surface area (Å²) >= 11 is 1.71. The minimum absolute atomic E-state index is 0.0215. The molecule has 0 amide bonds. The van der Waals surface area contributed by atoms with Gasteiger partial charge in [0.2, 0.25) is 0 Å². The van der Waals surface area contributed by atoms with Crippen LogP contribution in [0.3, 0.4) is 0 Å². The number of pyridine rings is 1. The van der Waals surface area contributed by atoms with Crippen molar-refractivity contribution in [3.8, 4) is 0 Å². The number of nitrogens with two attached hydrogens (primary N) is 1. The number of alkyl halides is 2. The molecule has 4 nitrogen and oxygen atoms in total. The van der Waals surface area contributed by atoms with E-state index >= 15 is 0 Å². The number of halogens is 3. The lowest BCUT2D eigenvalue weighted by Crippen LogP contribution is -2.11. The van der Waals surface area contributed by atoms with Gasteiger partial charge in [0.15, 0.2) is 0 Å². The quantitative estimate of drug-likeness (QED) is 0.508. The smallest absolute Gasteiger partial charge is 0.311 e. The van der Waals surface area contributed by atoms with Crippen molar-refractivity contribution < 1.29 is 18.3 Å². The number of rotatable bonds is 4. The van der Waals surface area contributed by atoms with Crippen molar-refractivity contribution in [2.45, 2.75) is 19.4 Å². The van der Waals surface area contributed by atoms with E-state index < -0.39 is 12.4 Å². The monoisotopic (exact) mass is 356 g/mol. The predicted octanol–water partition coefficient (Wildman–Crippen LogP) is 1.80. The van der Waals surface area contributed by atoms with Gasteiger partial charge >= 0.3 is 5.97 Å². The standard InChI is InChI=1S/C10H11F2IN2O2/c1-17-7(16)3-6-2-5(4-14)8(9(11)12)10(13)15-6/h2,9H,3-4,14H2,1H3. The summed E-state index contributed by atoms with van der Waals surface area (Å²) in [5, 5.41) is 0. The normalized spacial score (nSPS) is 10.7. The molecule has 7 heteroatoms. The second kappa shape index (κ2) is 6.20. The molecule has 0 aliphatic carbocycles. The maximum Gasteiger partial charge on any atom is 0.311 e. The van der Waals surface area contributed by atoms with Gasteiger partial charge in [0, 0.05) is 6.54 Å². The van der Waals surface area contributed by atoms with Gasteiger partial charge in [0.25, 0.3) is 6.43 Å². The van der Waals surface area contributed by atoms with Crippen molar-refractivity contribution in [3.63, 3.8) is 0 Å². The molecule has 0 saturated carbocycles. The average molecular weight is 356 g/mol. The van der Waals surface area contributed by atoms with E-state index in [4.69, 9.17) is 5.73 Å². The number of carbonyl (C=O) groups excluding carboxylic acids is 1. The number of methoxy groups -OCH3 is 1. The largest absolute Gasteiger partial charge is 0.469 e. The molecule has 0 fully saturated rings. The number of nitrogens with zero attached hydrogens (tertiary/aromatic N) is 1. The third-order valence-corrected chi connectivity index (χ3v) is 2.96. The van der Waals surface area contributed by atoms with Crippen LogP contribution in [-0.4, -0.2) is 18.1 Å². The van der Waals surface area contributed by atoms with E-state index in [2.05, 4.69) is 9.72 Å². The Balaban J connectivity index is 3.13. The Kier molecular flexibility index (Phi) is 5.19. The molecule has 0 atom stereocenters. The van der Waals surface area contributed by atoms with Crippen molar-refractivity contribution in [2.24, 2.45) is 5.73 Å². The van der Waals surface area contributed by atoms with Crippen LogP contribution >= 0.6 is 22.6 Å². The highest BCUT2D eigenvalue weighted by Gasteiger charge is 2.19. The van der Waals surface area contributed by atoms with Gasteiger partial charge in [-0.3, -0.25) is 4.79 Å². The van der Waals surface area contributed by atoms with Crippen LogP contribution < -0.4 is 5.73 Å². The van der Waals surface area contributed by atoms with E-state index in [0.717, 1.165) is 0 Å². The van der Waals surface area contributed by atoms with E-state index in [1.54, 1.807) is 22.6 Å². The first-order valence-electron chi connectivity index (χ1n) is 4.72. The van der Waals surface area contributed by atoms with E-state index in [1.165, 1.54) is 13.2 Å². The van der Waals surface area contributed by atoms with Crippen LogP contribution in [-0.2, 0) is 22.5 Å².